The summed E-state index contributed by atoms with van der Waals surface area (Å²) in [6.45, 7) is 4.55. The SMILES string of the molecule is C=C(F)COC(=O)/C=C\C(=O)OCC(=C)F. The van der Waals surface area contributed by atoms with E-state index < -0.39 is 36.8 Å². The lowest BCUT2D eigenvalue weighted by molar-refractivity contribution is -0.139. The van der Waals surface area contributed by atoms with Crippen molar-refractivity contribution in [1.82, 2.24) is 0 Å². The molecule has 0 bridgehead atoms. The fourth-order valence-electron chi connectivity index (χ4n) is 0.531. The summed E-state index contributed by atoms with van der Waals surface area (Å²) in [7, 11) is 0. The molecule has 0 aromatic heterocycles. The van der Waals surface area contributed by atoms with Crippen molar-refractivity contribution in [1.29, 1.82) is 0 Å². The molecule has 4 nitrogen and oxygen atoms in total. The van der Waals surface area contributed by atoms with Crippen LogP contribution in [0.1, 0.15) is 0 Å². The normalized spacial score (nSPS) is 9.88. The van der Waals surface area contributed by atoms with E-state index in [9.17, 15) is 18.4 Å². The molecular formula is C10H10F2O4. The summed E-state index contributed by atoms with van der Waals surface area (Å²) in [5.41, 5.74) is 0. The highest BCUT2D eigenvalue weighted by Gasteiger charge is 2.02. The molecule has 0 amide bonds. The van der Waals surface area contributed by atoms with Gasteiger partial charge in [0.25, 0.3) is 0 Å². The van der Waals surface area contributed by atoms with E-state index in [0.29, 0.717) is 0 Å². The van der Waals surface area contributed by atoms with Crippen LogP contribution in [0, 0.1) is 0 Å². The molecule has 0 spiro atoms. The number of carbonyl (C=O) groups is 2. The van der Waals surface area contributed by atoms with Crippen LogP contribution in [-0.2, 0) is 19.1 Å². The van der Waals surface area contributed by atoms with E-state index in [1.54, 1.807) is 0 Å². The first-order valence-electron chi connectivity index (χ1n) is 4.10. The van der Waals surface area contributed by atoms with Gasteiger partial charge in [0.15, 0.2) is 0 Å². The number of carbonyl (C=O) groups excluding carboxylic acids is 2. The van der Waals surface area contributed by atoms with Crippen LogP contribution in [0.15, 0.2) is 37.0 Å². The van der Waals surface area contributed by atoms with Gasteiger partial charge in [-0.2, -0.15) is 0 Å². The average Bonchev–Trinajstić information content (AvgIpc) is 2.20. The molecule has 0 saturated carbocycles. The maximum Gasteiger partial charge on any atom is 0.331 e. The topological polar surface area (TPSA) is 52.6 Å². The zero-order valence-electron chi connectivity index (χ0n) is 8.37. The largest absolute Gasteiger partial charge is 0.455 e. The van der Waals surface area contributed by atoms with Gasteiger partial charge in [0.2, 0.25) is 0 Å². The Labute approximate surface area is 90.8 Å². The summed E-state index contributed by atoms with van der Waals surface area (Å²) in [6.07, 6.45) is 1.46. The van der Waals surface area contributed by atoms with Gasteiger partial charge in [-0.05, 0) is 0 Å². The summed E-state index contributed by atoms with van der Waals surface area (Å²) < 4.78 is 32.6. The molecule has 0 saturated heterocycles. The highest BCUT2D eigenvalue weighted by molar-refractivity contribution is 5.91. The lowest BCUT2D eigenvalue weighted by Crippen LogP contribution is -2.06. The van der Waals surface area contributed by atoms with E-state index in [4.69, 9.17) is 0 Å². The molecule has 0 unspecified atom stereocenters. The summed E-state index contributed by atoms with van der Waals surface area (Å²) in [6, 6.07) is 0. The van der Waals surface area contributed by atoms with Crippen LogP contribution in [-0.4, -0.2) is 25.2 Å². The molecular weight excluding hydrogens is 222 g/mol. The molecule has 0 aromatic rings. The third-order valence-corrected chi connectivity index (χ3v) is 1.10. The molecule has 0 aliphatic carbocycles. The van der Waals surface area contributed by atoms with Gasteiger partial charge in [-0.3, -0.25) is 0 Å². The number of rotatable bonds is 6. The second-order valence-electron chi connectivity index (χ2n) is 2.58. The third kappa shape index (κ3) is 8.61. The van der Waals surface area contributed by atoms with Crippen LogP contribution in [0.3, 0.4) is 0 Å². The Bertz CT molecular complexity index is 302. The van der Waals surface area contributed by atoms with Crippen LogP contribution in [0.2, 0.25) is 0 Å². The minimum absolute atomic E-state index is 0.584. The monoisotopic (exact) mass is 232 g/mol. The number of hydrogen-bond donors (Lipinski definition) is 0. The molecule has 88 valence electrons. The maximum absolute atomic E-state index is 12.0. The van der Waals surface area contributed by atoms with Crippen molar-refractivity contribution in [2.75, 3.05) is 13.2 Å². The Kier molecular flexibility index (Phi) is 6.42. The smallest absolute Gasteiger partial charge is 0.331 e. The summed E-state index contributed by atoms with van der Waals surface area (Å²) in [5.74, 6) is -3.51. The second-order valence-corrected chi connectivity index (χ2v) is 2.58. The Morgan fingerprint density at radius 2 is 1.25 bits per heavy atom. The molecule has 0 N–H and O–H groups in total. The summed E-state index contributed by atoms with van der Waals surface area (Å²) in [5, 5.41) is 0. The average molecular weight is 232 g/mol. The van der Waals surface area contributed by atoms with E-state index in [-0.39, 0.29) is 0 Å². The Balaban J connectivity index is 3.88. The third-order valence-electron chi connectivity index (χ3n) is 1.10. The fourth-order valence-corrected chi connectivity index (χ4v) is 0.531. The molecule has 6 heteroatoms. The minimum Gasteiger partial charge on any atom is -0.455 e. The van der Waals surface area contributed by atoms with E-state index in [1.165, 1.54) is 0 Å². The first-order valence-corrected chi connectivity index (χ1v) is 4.10. The molecule has 0 atom stereocenters. The van der Waals surface area contributed by atoms with Crippen LogP contribution in [0.25, 0.3) is 0 Å². The van der Waals surface area contributed by atoms with Gasteiger partial charge in [0, 0.05) is 12.2 Å². The van der Waals surface area contributed by atoms with Gasteiger partial charge in [0.1, 0.15) is 24.9 Å². The van der Waals surface area contributed by atoms with Crippen LogP contribution >= 0.6 is 0 Å². The predicted molar refractivity (Wildman–Crippen MR) is 51.6 cm³/mol. The standard InChI is InChI=1S/C10H10F2O4/c1-7(11)5-15-9(13)3-4-10(14)16-6-8(2)12/h3-4H,1-2,5-6H2/b4-3-. The van der Waals surface area contributed by atoms with Gasteiger partial charge in [-0.25, -0.2) is 18.4 Å². The molecule has 0 fully saturated rings. The fraction of sp³-hybridized carbons (Fsp3) is 0.200. The zero-order chi connectivity index (χ0) is 12.6. The van der Waals surface area contributed by atoms with Crippen molar-refractivity contribution in [3.63, 3.8) is 0 Å². The molecule has 0 aromatic carbocycles. The Morgan fingerprint density at radius 3 is 1.50 bits per heavy atom. The highest BCUT2D eigenvalue weighted by atomic mass is 19.1. The Morgan fingerprint density at radius 1 is 0.938 bits per heavy atom. The lowest BCUT2D eigenvalue weighted by atomic mass is 10.5. The van der Waals surface area contributed by atoms with Crippen molar-refractivity contribution < 1.29 is 27.8 Å². The molecule has 0 radical (unpaired) electrons. The van der Waals surface area contributed by atoms with Gasteiger partial charge in [-0.1, -0.05) is 13.2 Å². The van der Waals surface area contributed by atoms with Crippen molar-refractivity contribution in [3.05, 3.63) is 37.0 Å². The zero-order valence-corrected chi connectivity index (χ0v) is 8.37. The predicted octanol–water partition coefficient (Wildman–Crippen LogP) is 1.60. The molecule has 0 aliphatic rings. The molecule has 0 aliphatic heterocycles. The van der Waals surface area contributed by atoms with E-state index in [1.807, 2.05) is 0 Å². The molecule has 0 heterocycles. The van der Waals surface area contributed by atoms with Crippen molar-refractivity contribution in [3.8, 4) is 0 Å². The number of hydrogen-bond acceptors (Lipinski definition) is 4. The van der Waals surface area contributed by atoms with Crippen molar-refractivity contribution in [2.45, 2.75) is 0 Å². The first kappa shape index (κ1) is 14.0. The number of esters is 2. The molecule has 0 rings (SSSR count). The van der Waals surface area contributed by atoms with Gasteiger partial charge in [-0.15, -0.1) is 0 Å². The lowest BCUT2D eigenvalue weighted by Gasteiger charge is -1.98. The van der Waals surface area contributed by atoms with Gasteiger partial charge >= 0.3 is 11.9 Å². The molecule has 16 heavy (non-hydrogen) atoms. The van der Waals surface area contributed by atoms with Crippen LogP contribution in [0.5, 0.6) is 0 Å². The van der Waals surface area contributed by atoms with E-state index in [2.05, 4.69) is 22.6 Å². The maximum atomic E-state index is 12.0. The van der Waals surface area contributed by atoms with Gasteiger partial charge < -0.3 is 9.47 Å². The van der Waals surface area contributed by atoms with Crippen LogP contribution < -0.4 is 0 Å². The quantitative estimate of drug-likeness (QED) is 0.515. The highest BCUT2D eigenvalue weighted by Crippen LogP contribution is 1.95. The van der Waals surface area contributed by atoms with Crippen molar-refractivity contribution >= 4 is 11.9 Å². The second kappa shape index (κ2) is 7.33. The first-order chi connectivity index (χ1) is 7.41. The number of halogens is 2. The summed E-state index contributed by atoms with van der Waals surface area (Å²) >= 11 is 0. The minimum atomic E-state index is -0.935. The summed E-state index contributed by atoms with van der Waals surface area (Å²) in [4.78, 5) is 21.5. The Hall–Kier alpha value is -1.98. The van der Waals surface area contributed by atoms with Gasteiger partial charge in [0.05, 0.1) is 0 Å². The van der Waals surface area contributed by atoms with Crippen molar-refractivity contribution in [2.24, 2.45) is 0 Å². The van der Waals surface area contributed by atoms with E-state index >= 15 is 0 Å². The van der Waals surface area contributed by atoms with E-state index in [0.717, 1.165) is 12.2 Å². The number of ether oxygens (including phenoxy) is 2. The van der Waals surface area contributed by atoms with Crippen LogP contribution in [0.4, 0.5) is 8.78 Å².